The lowest BCUT2D eigenvalue weighted by molar-refractivity contribution is 0.625. The number of nitrogen functional groups attached to an aromatic ring is 1. The van der Waals surface area contributed by atoms with E-state index in [0.29, 0.717) is 28.8 Å². The normalized spacial score (nSPS) is 10.4. The largest absolute Gasteiger partial charge is 0.396 e. The van der Waals surface area contributed by atoms with Crippen LogP contribution in [-0.2, 0) is 0 Å². The van der Waals surface area contributed by atoms with Crippen LogP contribution in [0, 0.1) is 5.82 Å². The van der Waals surface area contributed by atoms with E-state index in [4.69, 9.17) is 17.3 Å². The third-order valence-electron chi connectivity index (χ3n) is 2.58. The van der Waals surface area contributed by atoms with Gasteiger partial charge in [-0.1, -0.05) is 23.7 Å². The van der Waals surface area contributed by atoms with Gasteiger partial charge in [-0.2, -0.15) is 0 Å². The molecule has 94 valence electrons. The van der Waals surface area contributed by atoms with Gasteiger partial charge < -0.3 is 10.6 Å². The van der Waals surface area contributed by atoms with Crippen molar-refractivity contribution in [3.63, 3.8) is 0 Å². The first-order chi connectivity index (χ1) is 8.63. The highest BCUT2D eigenvalue weighted by atomic mass is 35.5. The average Bonchev–Trinajstić information content (AvgIpc) is 2.34. The number of aromatic nitrogens is 1. The zero-order valence-electron chi connectivity index (χ0n) is 9.90. The lowest BCUT2D eigenvalue weighted by Crippen LogP contribution is -2.20. The van der Waals surface area contributed by atoms with Crippen LogP contribution in [0.25, 0.3) is 0 Å². The van der Waals surface area contributed by atoms with Crippen LogP contribution in [0.1, 0.15) is 6.92 Å². The van der Waals surface area contributed by atoms with E-state index in [1.165, 1.54) is 12.3 Å². The van der Waals surface area contributed by atoms with Crippen LogP contribution >= 0.6 is 11.6 Å². The summed E-state index contributed by atoms with van der Waals surface area (Å²) >= 11 is 5.81. The third-order valence-corrected chi connectivity index (χ3v) is 2.78. The maximum absolute atomic E-state index is 13.8. The third kappa shape index (κ3) is 2.38. The van der Waals surface area contributed by atoms with Gasteiger partial charge in [-0.3, -0.25) is 0 Å². The van der Waals surface area contributed by atoms with Crippen LogP contribution in [0.2, 0.25) is 5.02 Å². The van der Waals surface area contributed by atoms with E-state index in [2.05, 4.69) is 4.98 Å². The number of hydrogen-bond acceptors (Lipinski definition) is 3. The summed E-state index contributed by atoms with van der Waals surface area (Å²) < 4.78 is 13.8. The summed E-state index contributed by atoms with van der Waals surface area (Å²) in [4.78, 5) is 5.88. The summed E-state index contributed by atoms with van der Waals surface area (Å²) in [5.74, 6) is 0.197. The first kappa shape index (κ1) is 12.6. The molecule has 1 aromatic carbocycles. The fourth-order valence-electron chi connectivity index (χ4n) is 1.78. The molecule has 0 spiro atoms. The van der Waals surface area contributed by atoms with Crippen LogP contribution < -0.4 is 10.6 Å². The first-order valence-electron chi connectivity index (χ1n) is 5.56. The van der Waals surface area contributed by atoms with Crippen molar-refractivity contribution in [1.82, 2.24) is 4.98 Å². The topological polar surface area (TPSA) is 42.2 Å². The SMILES string of the molecule is CCN(c1ccccc1F)c1ncc(Cl)cc1N. The summed E-state index contributed by atoms with van der Waals surface area (Å²) in [6, 6.07) is 8.12. The van der Waals surface area contributed by atoms with Crippen LogP contribution in [0.15, 0.2) is 36.5 Å². The van der Waals surface area contributed by atoms with Gasteiger partial charge in [0.2, 0.25) is 0 Å². The van der Waals surface area contributed by atoms with E-state index in [9.17, 15) is 4.39 Å². The quantitative estimate of drug-likeness (QED) is 0.922. The highest BCUT2D eigenvalue weighted by Gasteiger charge is 2.15. The molecule has 0 bridgehead atoms. The van der Waals surface area contributed by atoms with E-state index >= 15 is 0 Å². The van der Waals surface area contributed by atoms with Gasteiger partial charge in [0, 0.05) is 12.7 Å². The van der Waals surface area contributed by atoms with Crippen molar-refractivity contribution in [3.05, 3.63) is 47.4 Å². The standard InChI is InChI=1S/C13H13ClFN3/c1-2-18(12-6-4-3-5-10(12)15)13-11(16)7-9(14)8-17-13/h3-8H,2,16H2,1H3. The Labute approximate surface area is 110 Å². The van der Waals surface area contributed by atoms with Gasteiger partial charge in [0.05, 0.1) is 16.4 Å². The Hall–Kier alpha value is -1.81. The molecule has 0 aliphatic heterocycles. The molecule has 0 saturated carbocycles. The zero-order valence-corrected chi connectivity index (χ0v) is 10.7. The number of pyridine rings is 1. The summed E-state index contributed by atoms with van der Waals surface area (Å²) in [5, 5.41) is 0.459. The van der Waals surface area contributed by atoms with Crippen molar-refractivity contribution >= 4 is 28.8 Å². The molecule has 0 amide bonds. The number of para-hydroxylation sites is 1. The molecule has 18 heavy (non-hydrogen) atoms. The molecule has 0 radical (unpaired) electrons. The minimum absolute atomic E-state index is 0.310. The second-order valence-electron chi connectivity index (χ2n) is 3.76. The minimum Gasteiger partial charge on any atom is -0.396 e. The van der Waals surface area contributed by atoms with Gasteiger partial charge in [0.25, 0.3) is 0 Å². The smallest absolute Gasteiger partial charge is 0.156 e. The second-order valence-corrected chi connectivity index (χ2v) is 4.20. The zero-order chi connectivity index (χ0) is 13.1. The Bertz CT molecular complexity index is 560. The van der Waals surface area contributed by atoms with Crippen LogP contribution in [0.4, 0.5) is 21.6 Å². The van der Waals surface area contributed by atoms with E-state index < -0.39 is 0 Å². The van der Waals surface area contributed by atoms with Crippen molar-refractivity contribution in [2.75, 3.05) is 17.2 Å². The van der Waals surface area contributed by atoms with E-state index in [0.717, 1.165) is 0 Å². The molecular weight excluding hydrogens is 253 g/mol. The van der Waals surface area contributed by atoms with Gasteiger partial charge in [0.15, 0.2) is 5.82 Å². The summed E-state index contributed by atoms with van der Waals surface area (Å²) in [6.07, 6.45) is 1.50. The Kier molecular flexibility index (Phi) is 3.67. The van der Waals surface area contributed by atoms with Gasteiger partial charge in [-0.15, -0.1) is 0 Å². The predicted octanol–water partition coefficient (Wildman–Crippen LogP) is 3.61. The molecule has 0 atom stereocenters. The van der Waals surface area contributed by atoms with E-state index in [-0.39, 0.29) is 5.82 Å². The maximum atomic E-state index is 13.8. The Balaban J connectivity index is 2.49. The summed E-state index contributed by atoms with van der Waals surface area (Å²) in [7, 11) is 0. The monoisotopic (exact) mass is 265 g/mol. The van der Waals surface area contributed by atoms with Gasteiger partial charge in [-0.05, 0) is 25.1 Å². The van der Waals surface area contributed by atoms with Crippen molar-refractivity contribution in [1.29, 1.82) is 0 Å². The molecule has 1 aromatic heterocycles. The molecular formula is C13H13ClFN3. The minimum atomic E-state index is -0.310. The molecule has 0 fully saturated rings. The molecule has 0 unspecified atom stereocenters. The second kappa shape index (κ2) is 5.23. The summed E-state index contributed by atoms with van der Waals surface area (Å²) in [5.41, 5.74) is 6.74. The van der Waals surface area contributed by atoms with Crippen LogP contribution in [-0.4, -0.2) is 11.5 Å². The van der Waals surface area contributed by atoms with Crippen LogP contribution in [0.3, 0.4) is 0 Å². The fourth-order valence-corrected chi connectivity index (χ4v) is 1.94. The first-order valence-corrected chi connectivity index (χ1v) is 5.94. The maximum Gasteiger partial charge on any atom is 0.156 e. The number of hydrogen-bond donors (Lipinski definition) is 1. The van der Waals surface area contributed by atoms with Gasteiger partial charge in [-0.25, -0.2) is 9.37 Å². The number of nitrogens with zero attached hydrogens (tertiary/aromatic N) is 2. The van der Waals surface area contributed by atoms with Crippen molar-refractivity contribution < 1.29 is 4.39 Å². The van der Waals surface area contributed by atoms with Gasteiger partial charge >= 0.3 is 0 Å². The molecule has 0 aliphatic rings. The highest BCUT2D eigenvalue weighted by Crippen LogP contribution is 2.31. The fraction of sp³-hybridized carbons (Fsp3) is 0.154. The molecule has 3 nitrogen and oxygen atoms in total. The number of anilines is 3. The highest BCUT2D eigenvalue weighted by molar-refractivity contribution is 6.30. The van der Waals surface area contributed by atoms with Crippen molar-refractivity contribution in [3.8, 4) is 0 Å². The van der Waals surface area contributed by atoms with Crippen molar-refractivity contribution in [2.45, 2.75) is 6.92 Å². The molecule has 0 aliphatic carbocycles. The van der Waals surface area contributed by atoms with E-state index in [1.54, 1.807) is 29.2 Å². The molecule has 2 rings (SSSR count). The van der Waals surface area contributed by atoms with Crippen LogP contribution in [0.5, 0.6) is 0 Å². The number of halogens is 2. The summed E-state index contributed by atoms with van der Waals surface area (Å²) in [6.45, 7) is 2.46. The Morgan fingerprint density at radius 3 is 2.72 bits per heavy atom. The molecule has 1 heterocycles. The van der Waals surface area contributed by atoms with E-state index in [1.807, 2.05) is 6.92 Å². The molecule has 2 N–H and O–H groups in total. The number of benzene rings is 1. The lowest BCUT2D eigenvalue weighted by Gasteiger charge is -2.23. The van der Waals surface area contributed by atoms with Crippen molar-refractivity contribution in [2.24, 2.45) is 0 Å². The number of nitrogens with two attached hydrogens (primary N) is 1. The number of rotatable bonds is 3. The predicted molar refractivity (Wildman–Crippen MR) is 72.7 cm³/mol. The Morgan fingerprint density at radius 1 is 1.39 bits per heavy atom. The average molecular weight is 266 g/mol. The lowest BCUT2D eigenvalue weighted by atomic mass is 10.2. The Morgan fingerprint density at radius 2 is 2.11 bits per heavy atom. The molecule has 0 saturated heterocycles. The molecule has 2 aromatic rings. The van der Waals surface area contributed by atoms with Gasteiger partial charge in [0.1, 0.15) is 5.82 Å². The molecule has 5 heteroatoms.